The molecule has 0 bridgehead atoms. The van der Waals surface area contributed by atoms with E-state index in [0.29, 0.717) is 16.3 Å². The van der Waals surface area contributed by atoms with Crippen LogP contribution in [0.2, 0.25) is 5.02 Å². The highest BCUT2D eigenvalue weighted by Crippen LogP contribution is 2.26. The highest BCUT2D eigenvalue weighted by molar-refractivity contribution is 7.80. The van der Waals surface area contributed by atoms with Crippen molar-refractivity contribution in [3.05, 3.63) is 70.7 Å². The van der Waals surface area contributed by atoms with Crippen LogP contribution >= 0.6 is 23.8 Å². The monoisotopic (exact) mass is 370 g/mol. The Hall–Kier alpha value is -2.63. The quantitative estimate of drug-likeness (QED) is 0.454. The maximum absolute atomic E-state index is 12.6. The lowest BCUT2D eigenvalue weighted by Crippen LogP contribution is -2.34. The molecule has 0 atom stereocenters. The summed E-state index contributed by atoms with van der Waals surface area (Å²) in [5, 5.41) is 17.6. The summed E-state index contributed by atoms with van der Waals surface area (Å²) in [6.45, 7) is 1.87. The molecule has 126 valence electrons. The van der Waals surface area contributed by atoms with Gasteiger partial charge in [0.05, 0.1) is 5.69 Å². The molecule has 0 heterocycles. The summed E-state index contributed by atoms with van der Waals surface area (Å²) in [6.07, 6.45) is 0. The number of carbonyl (C=O) groups excluding carboxylic acids is 1. The molecule has 0 aliphatic carbocycles. The molecule has 0 aromatic heterocycles. The average molecular weight is 371 g/mol. The number of anilines is 1. The number of thiocarbonyl (C=S) groups is 1. The van der Waals surface area contributed by atoms with Gasteiger partial charge in [0, 0.05) is 16.0 Å². The Morgan fingerprint density at radius 1 is 1.08 bits per heavy atom. The van der Waals surface area contributed by atoms with Gasteiger partial charge in [-0.15, -0.1) is 0 Å². The summed E-state index contributed by atoms with van der Waals surface area (Å²) in [7, 11) is 0. The summed E-state index contributed by atoms with van der Waals surface area (Å²) in [5.41, 5.74) is 1.82. The summed E-state index contributed by atoms with van der Waals surface area (Å²) in [5.74, 6) is -0.287. The van der Waals surface area contributed by atoms with Gasteiger partial charge in [-0.3, -0.25) is 10.1 Å². The van der Waals surface area contributed by atoms with E-state index in [2.05, 4.69) is 10.6 Å². The van der Waals surface area contributed by atoms with E-state index < -0.39 is 0 Å². The zero-order valence-electron chi connectivity index (χ0n) is 13.3. The average Bonchev–Trinajstić information content (AvgIpc) is 2.57. The molecule has 1 amide bonds. The number of aromatic hydroxyl groups is 1. The SMILES string of the molecule is Cc1ccc(NC(=S)NC(=O)c2cccc3c(Cl)cccc23)c(O)c1. The van der Waals surface area contributed by atoms with Crippen molar-refractivity contribution in [3.8, 4) is 5.75 Å². The van der Waals surface area contributed by atoms with Gasteiger partial charge >= 0.3 is 0 Å². The Morgan fingerprint density at radius 2 is 1.80 bits per heavy atom. The Bertz CT molecular complexity index is 988. The number of rotatable bonds is 2. The van der Waals surface area contributed by atoms with Crippen LogP contribution in [-0.4, -0.2) is 16.1 Å². The second-order valence-corrected chi connectivity index (χ2v) is 6.38. The zero-order chi connectivity index (χ0) is 18.0. The maximum atomic E-state index is 12.6. The summed E-state index contributed by atoms with van der Waals surface area (Å²) in [4.78, 5) is 12.6. The standard InChI is InChI=1S/C19H15ClN2O2S/c1-11-8-9-16(17(23)10-11)21-19(25)22-18(24)14-6-2-5-13-12(14)4-3-7-15(13)20/h2-10,23H,1H3,(H2,21,22,24,25). The summed E-state index contributed by atoms with van der Waals surface area (Å²) < 4.78 is 0. The van der Waals surface area contributed by atoms with Crippen LogP contribution in [0.25, 0.3) is 10.8 Å². The van der Waals surface area contributed by atoms with Crippen molar-refractivity contribution in [2.45, 2.75) is 6.92 Å². The molecule has 0 saturated heterocycles. The minimum Gasteiger partial charge on any atom is -0.506 e. The minimum atomic E-state index is -0.350. The number of hydrogen-bond donors (Lipinski definition) is 3. The van der Waals surface area contributed by atoms with Crippen LogP contribution in [0.3, 0.4) is 0 Å². The van der Waals surface area contributed by atoms with Crippen LogP contribution in [0.5, 0.6) is 5.75 Å². The van der Waals surface area contributed by atoms with Crippen molar-refractivity contribution in [2.24, 2.45) is 0 Å². The minimum absolute atomic E-state index is 0.0635. The number of amides is 1. The normalized spacial score (nSPS) is 10.5. The third kappa shape index (κ3) is 3.73. The van der Waals surface area contributed by atoms with Crippen LogP contribution in [0.4, 0.5) is 5.69 Å². The lowest BCUT2D eigenvalue weighted by Gasteiger charge is -2.12. The Labute approximate surface area is 155 Å². The second-order valence-electron chi connectivity index (χ2n) is 5.57. The van der Waals surface area contributed by atoms with Gasteiger partial charge in [0.15, 0.2) is 5.11 Å². The van der Waals surface area contributed by atoms with Crippen molar-refractivity contribution in [2.75, 3.05) is 5.32 Å². The number of benzene rings is 3. The lowest BCUT2D eigenvalue weighted by atomic mass is 10.0. The van der Waals surface area contributed by atoms with E-state index in [9.17, 15) is 9.90 Å². The van der Waals surface area contributed by atoms with E-state index in [-0.39, 0.29) is 16.8 Å². The smallest absolute Gasteiger partial charge is 0.258 e. The number of aryl methyl sites for hydroxylation is 1. The number of phenols is 1. The number of phenolic OH excluding ortho intramolecular Hbond substituents is 1. The third-order valence-electron chi connectivity index (χ3n) is 3.74. The Balaban J connectivity index is 1.80. The molecule has 0 aliphatic rings. The molecule has 0 unspecified atom stereocenters. The first-order valence-corrected chi connectivity index (χ1v) is 8.33. The number of carbonyl (C=O) groups is 1. The molecule has 0 spiro atoms. The van der Waals surface area contributed by atoms with Crippen LogP contribution in [0, 0.1) is 6.92 Å². The molecule has 3 aromatic carbocycles. The molecule has 3 rings (SSSR count). The highest BCUT2D eigenvalue weighted by atomic mass is 35.5. The molecule has 6 heteroatoms. The number of halogens is 1. The lowest BCUT2D eigenvalue weighted by molar-refractivity contribution is 0.0979. The molecule has 3 N–H and O–H groups in total. The molecule has 4 nitrogen and oxygen atoms in total. The van der Waals surface area contributed by atoms with E-state index in [0.717, 1.165) is 16.3 Å². The molecule has 25 heavy (non-hydrogen) atoms. The fourth-order valence-corrected chi connectivity index (χ4v) is 2.98. The summed E-state index contributed by atoms with van der Waals surface area (Å²) in [6, 6.07) is 15.9. The number of hydrogen-bond acceptors (Lipinski definition) is 3. The molecule has 3 aromatic rings. The summed E-state index contributed by atoms with van der Waals surface area (Å²) >= 11 is 11.4. The largest absolute Gasteiger partial charge is 0.506 e. The van der Waals surface area contributed by atoms with Crippen molar-refractivity contribution >= 4 is 51.3 Å². The first-order chi connectivity index (χ1) is 12.0. The zero-order valence-corrected chi connectivity index (χ0v) is 14.9. The van der Waals surface area contributed by atoms with Gasteiger partial charge in [0.25, 0.3) is 5.91 Å². The van der Waals surface area contributed by atoms with E-state index in [1.807, 2.05) is 25.1 Å². The van der Waals surface area contributed by atoms with E-state index in [1.165, 1.54) is 0 Å². The van der Waals surface area contributed by atoms with Crippen LogP contribution in [0.1, 0.15) is 15.9 Å². The van der Waals surface area contributed by atoms with Crippen molar-refractivity contribution in [3.63, 3.8) is 0 Å². The topological polar surface area (TPSA) is 61.4 Å². The molecule has 0 fully saturated rings. The molecular formula is C19H15ClN2O2S. The highest BCUT2D eigenvalue weighted by Gasteiger charge is 2.13. The molecule has 0 aliphatic heterocycles. The fraction of sp³-hybridized carbons (Fsp3) is 0.0526. The first-order valence-electron chi connectivity index (χ1n) is 7.55. The van der Waals surface area contributed by atoms with Gasteiger partial charge in [-0.05, 0) is 54.4 Å². The van der Waals surface area contributed by atoms with Crippen molar-refractivity contribution < 1.29 is 9.90 Å². The molecule has 0 radical (unpaired) electrons. The van der Waals surface area contributed by atoms with Crippen molar-refractivity contribution in [1.29, 1.82) is 0 Å². The molecular weight excluding hydrogens is 356 g/mol. The van der Waals surface area contributed by atoms with Crippen LogP contribution in [0.15, 0.2) is 54.6 Å². The van der Waals surface area contributed by atoms with Gasteiger partial charge in [-0.25, -0.2) is 0 Å². The van der Waals surface area contributed by atoms with E-state index in [4.69, 9.17) is 23.8 Å². The van der Waals surface area contributed by atoms with E-state index in [1.54, 1.807) is 36.4 Å². The van der Waals surface area contributed by atoms with Crippen molar-refractivity contribution in [1.82, 2.24) is 5.32 Å². The first kappa shape index (κ1) is 17.2. The second kappa shape index (κ2) is 7.09. The van der Waals surface area contributed by atoms with Gasteiger partial charge in [0.2, 0.25) is 0 Å². The van der Waals surface area contributed by atoms with Gasteiger partial charge in [-0.1, -0.05) is 41.9 Å². The van der Waals surface area contributed by atoms with Gasteiger partial charge < -0.3 is 10.4 Å². The Kier molecular flexibility index (Phi) is 4.88. The number of fused-ring (bicyclic) bond motifs is 1. The van der Waals surface area contributed by atoms with Crippen LogP contribution < -0.4 is 10.6 Å². The third-order valence-corrected chi connectivity index (χ3v) is 4.28. The molecule has 0 saturated carbocycles. The Morgan fingerprint density at radius 3 is 2.56 bits per heavy atom. The fourth-order valence-electron chi connectivity index (χ4n) is 2.54. The maximum Gasteiger partial charge on any atom is 0.258 e. The van der Waals surface area contributed by atoms with Gasteiger partial charge in [0.1, 0.15) is 5.75 Å². The number of nitrogens with one attached hydrogen (secondary N) is 2. The van der Waals surface area contributed by atoms with Crippen LogP contribution in [-0.2, 0) is 0 Å². The van der Waals surface area contributed by atoms with E-state index >= 15 is 0 Å². The van der Waals surface area contributed by atoms with Gasteiger partial charge in [-0.2, -0.15) is 0 Å². The predicted octanol–water partition coefficient (Wildman–Crippen LogP) is 4.63. The predicted molar refractivity (Wildman–Crippen MR) is 105 cm³/mol.